The number of nitrogens with two attached hydrogens (primary N) is 1. The molecule has 1 heterocycles. The Kier molecular flexibility index (Phi) is 2.45. The molecule has 0 bridgehead atoms. The molecule has 0 saturated carbocycles. The van der Waals surface area contributed by atoms with Crippen LogP contribution >= 0.6 is 0 Å². The topological polar surface area (TPSA) is 61.0 Å². The van der Waals surface area contributed by atoms with Crippen molar-refractivity contribution in [3.8, 4) is 11.6 Å². The Morgan fingerprint density at radius 1 is 1.00 bits per heavy atom. The van der Waals surface area contributed by atoms with Gasteiger partial charge >= 0.3 is 0 Å². The van der Waals surface area contributed by atoms with Crippen LogP contribution in [0.5, 0.6) is 11.6 Å². The Morgan fingerprint density at radius 3 is 2.33 bits per heavy atom. The van der Waals surface area contributed by atoms with Crippen LogP contribution in [0, 0.1) is 5.82 Å². The van der Waals surface area contributed by atoms with Crippen LogP contribution in [0.2, 0.25) is 0 Å². The zero-order chi connectivity index (χ0) is 10.7. The monoisotopic (exact) mass is 205 g/mol. The zero-order valence-electron chi connectivity index (χ0n) is 7.72. The van der Waals surface area contributed by atoms with Crippen molar-refractivity contribution >= 4 is 5.82 Å². The average molecular weight is 205 g/mol. The molecule has 5 heteroatoms. The van der Waals surface area contributed by atoms with Crippen molar-refractivity contribution in [1.82, 2.24) is 10.2 Å². The lowest BCUT2D eigenvalue weighted by Crippen LogP contribution is -1.94. The van der Waals surface area contributed by atoms with Gasteiger partial charge in [-0.2, -0.15) is 0 Å². The van der Waals surface area contributed by atoms with Crippen LogP contribution in [0.1, 0.15) is 0 Å². The molecule has 0 aliphatic rings. The number of aromatic nitrogens is 2. The minimum absolute atomic E-state index is 0.314. The zero-order valence-corrected chi connectivity index (χ0v) is 7.72. The van der Waals surface area contributed by atoms with Gasteiger partial charge in [0, 0.05) is 6.07 Å². The molecule has 1 aromatic heterocycles. The lowest BCUT2D eigenvalue weighted by molar-refractivity contribution is 0.454. The number of benzene rings is 1. The first-order valence-corrected chi connectivity index (χ1v) is 4.27. The summed E-state index contributed by atoms with van der Waals surface area (Å²) in [5.74, 6) is 0.818. The van der Waals surface area contributed by atoms with Gasteiger partial charge < -0.3 is 10.5 Å². The molecule has 0 fully saturated rings. The third-order valence-corrected chi connectivity index (χ3v) is 1.70. The first-order chi connectivity index (χ1) is 7.24. The standard InChI is InChI=1S/C10H8FN3O/c11-7-1-3-8(4-2-7)15-10-6-5-9(12)13-14-10/h1-6H,(H2,12,13). The second kappa shape index (κ2) is 3.91. The first kappa shape index (κ1) is 9.39. The lowest BCUT2D eigenvalue weighted by atomic mass is 10.3. The van der Waals surface area contributed by atoms with Gasteiger partial charge in [-0.25, -0.2) is 4.39 Å². The van der Waals surface area contributed by atoms with Crippen molar-refractivity contribution in [3.05, 3.63) is 42.2 Å². The molecule has 0 aliphatic heterocycles. The Hall–Kier alpha value is -2.17. The summed E-state index contributed by atoms with van der Waals surface area (Å²) >= 11 is 0. The largest absolute Gasteiger partial charge is 0.438 e. The molecule has 0 aliphatic carbocycles. The van der Waals surface area contributed by atoms with Gasteiger partial charge in [-0.3, -0.25) is 0 Å². The number of nitrogens with zero attached hydrogens (tertiary/aromatic N) is 2. The summed E-state index contributed by atoms with van der Waals surface area (Å²) < 4.78 is 17.9. The fourth-order valence-corrected chi connectivity index (χ4v) is 1.01. The van der Waals surface area contributed by atoms with E-state index in [0.717, 1.165) is 0 Å². The quantitative estimate of drug-likeness (QED) is 0.814. The first-order valence-electron chi connectivity index (χ1n) is 4.27. The fourth-order valence-electron chi connectivity index (χ4n) is 1.01. The van der Waals surface area contributed by atoms with Crippen LogP contribution < -0.4 is 10.5 Å². The van der Waals surface area contributed by atoms with Crippen LogP contribution in [0.3, 0.4) is 0 Å². The highest BCUT2D eigenvalue weighted by Crippen LogP contribution is 2.18. The van der Waals surface area contributed by atoms with Gasteiger partial charge in [-0.1, -0.05) is 0 Å². The van der Waals surface area contributed by atoms with E-state index in [1.165, 1.54) is 24.3 Å². The number of ether oxygens (including phenoxy) is 1. The van der Waals surface area contributed by atoms with Crippen LogP contribution in [-0.4, -0.2) is 10.2 Å². The molecule has 15 heavy (non-hydrogen) atoms. The second-order valence-corrected chi connectivity index (χ2v) is 2.85. The highest BCUT2D eigenvalue weighted by Gasteiger charge is 1.99. The van der Waals surface area contributed by atoms with Crippen LogP contribution in [0.4, 0.5) is 10.2 Å². The third-order valence-electron chi connectivity index (χ3n) is 1.70. The Labute approximate surface area is 85.5 Å². The van der Waals surface area contributed by atoms with E-state index in [4.69, 9.17) is 10.5 Å². The van der Waals surface area contributed by atoms with E-state index in [-0.39, 0.29) is 5.82 Å². The third kappa shape index (κ3) is 2.40. The number of halogens is 1. The summed E-state index contributed by atoms with van der Waals surface area (Å²) in [6, 6.07) is 8.79. The average Bonchev–Trinajstić information content (AvgIpc) is 2.25. The maximum atomic E-state index is 12.6. The minimum Gasteiger partial charge on any atom is -0.438 e. The van der Waals surface area contributed by atoms with Crippen molar-refractivity contribution in [2.75, 3.05) is 5.73 Å². The summed E-state index contributed by atoms with van der Waals surface area (Å²) in [6.45, 7) is 0. The summed E-state index contributed by atoms with van der Waals surface area (Å²) in [7, 11) is 0. The SMILES string of the molecule is Nc1ccc(Oc2ccc(F)cc2)nn1. The minimum atomic E-state index is -0.314. The predicted molar refractivity (Wildman–Crippen MR) is 52.9 cm³/mol. The van der Waals surface area contributed by atoms with E-state index in [2.05, 4.69) is 10.2 Å². The highest BCUT2D eigenvalue weighted by molar-refractivity contribution is 5.31. The summed E-state index contributed by atoms with van der Waals surface area (Å²) in [5, 5.41) is 7.33. The summed E-state index contributed by atoms with van der Waals surface area (Å²) in [6.07, 6.45) is 0. The maximum Gasteiger partial charge on any atom is 0.238 e. The van der Waals surface area contributed by atoms with Gasteiger partial charge in [0.05, 0.1) is 0 Å². The molecule has 0 amide bonds. The number of hydrogen-bond acceptors (Lipinski definition) is 4. The van der Waals surface area contributed by atoms with E-state index in [1.807, 2.05) is 0 Å². The lowest BCUT2D eigenvalue weighted by Gasteiger charge is -2.03. The van der Waals surface area contributed by atoms with Crippen molar-refractivity contribution in [1.29, 1.82) is 0 Å². The molecule has 4 nitrogen and oxygen atoms in total. The molecule has 0 saturated heterocycles. The number of nitrogen functional groups attached to an aromatic ring is 1. The van der Waals surface area contributed by atoms with Crippen molar-refractivity contribution < 1.29 is 9.13 Å². The summed E-state index contributed by atoms with van der Waals surface area (Å²) in [5.41, 5.74) is 5.36. The number of hydrogen-bond donors (Lipinski definition) is 1. The van der Waals surface area contributed by atoms with Gasteiger partial charge in [0.15, 0.2) is 0 Å². The van der Waals surface area contributed by atoms with Gasteiger partial charge in [0.25, 0.3) is 0 Å². The fraction of sp³-hybridized carbons (Fsp3) is 0. The molecular formula is C10H8FN3O. The molecule has 1 aromatic carbocycles. The molecule has 0 spiro atoms. The second-order valence-electron chi connectivity index (χ2n) is 2.85. The Balaban J connectivity index is 2.15. The van der Waals surface area contributed by atoms with Gasteiger partial charge in [0.1, 0.15) is 17.4 Å². The Bertz CT molecular complexity index is 398. The van der Waals surface area contributed by atoms with E-state index in [1.54, 1.807) is 12.1 Å². The highest BCUT2D eigenvalue weighted by atomic mass is 19.1. The molecule has 2 aromatic rings. The molecule has 0 unspecified atom stereocenters. The van der Waals surface area contributed by atoms with Gasteiger partial charge in [-0.05, 0) is 30.3 Å². The van der Waals surface area contributed by atoms with Crippen molar-refractivity contribution in [2.45, 2.75) is 0 Å². The van der Waals surface area contributed by atoms with Gasteiger partial charge in [0.2, 0.25) is 5.88 Å². The number of anilines is 1. The van der Waals surface area contributed by atoms with E-state index >= 15 is 0 Å². The molecule has 76 valence electrons. The molecule has 2 rings (SSSR count). The summed E-state index contributed by atoms with van der Waals surface area (Å²) in [4.78, 5) is 0. The smallest absolute Gasteiger partial charge is 0.238 e. The van der Waals surface area contributed by atoms with E-state index in [9.17, 15) is 4.39 Å². The normalized spacial score (nSPS) is 9.93. The van der Waals surface area contributed by atoms with Crippen molar-refractivity contribution in [2.24, 2.45) is 0 Å². The molecule has 2 N–H and O–H groups in total. The van der Waals surface area contributed by atoms with E-state index in [0.29, 0.717) is 17.4 Å². The van der Waals surface area contributed by atoms with Crippen LogP contribution in [-0.2, 0) is 0 Å². The van der Waals surface area contributed by atoms with Crippen LogP contribution in [0.25, 0.3) is 0 Å². The predicted octanol–water partition coefficient (Wildman–Crippen LogP) is 1.99. The van der Waals surface area contributed by atoms with Crippen molar-refractivity contribution in [3.63, 3.8) is 0 Å². The van der Waals surface area contributed by atoms with E-state index < -0.39 is 0 Å². The molecule has 0 radical (unpaired) electrons. The van der Waals surface area contributed by atoms with Gasteiger partial charge in [-0.15, -0.1) is 10.2 Å². The van der Waals surface area contributed by atoms with Crippen LogP contribution in [0.15, 0.2) is 36.4 Å². The molecular weight excluding hydrogens is 197 g/mol. The number of rotatable bonds is 2. The molecule has 0 atom stereocenters. The maximum absolute atomic E-state index is 12.6. The Morgan fingerprint density at radius 2 is 1.73 bits per heavy atom.